The van der Waals surface area contributed by atoms with Gasteiger partial charge in [0.15, 0.2) is 0 Å². The smallest absolute Gasteiger partial charge is 0.127 e. The van der Waals surface area contributed by atoms with Gasteiger partial charge < -0.3 is 5.32 Å². The van der Waals surface area contributed by atoms with Gasteiger partial charge in [0.05, 0.1) is 0 Å². The van der Waals surface area contributed by atoms with E-state index in [1.165, 1.54) is 12.1 Å². The van der Waals surface area contributed by atoms with Gasteiger partial charge in [0.25, 0.3) is 0 Å². The summed E-state index contributed by atoms with van der Waals surface area (Å²) in [5.41, 5.74) is 1.38. The third kappa shape index (κ3) is 2.50. The average molecular weight is 338 g/mol. The van der Waals surface area contributed by atoms with Gasteiger partial charge in [-0.15, -0.1) is 0 Å². The highest BCUT2D eigenvalue weighted by Crippen LogP contribution is 2.34. The molecule has 0 saturated carbocycles. The van der Waals surface area contributed by atoms with Gasteiger partial charge in [0, 0.05) is 23.0 Å². The predicted molar refractivity (Wildman–Crippen MR) is 78.8 cm³/mol. The van der Waals surface area contributed by atoms with Gasteiger partial charge in [-0.2, -0.15) is 0 Å². The van der Waals surface area contributed by atoms with E-state index in [-0.39, 0.29) is 17.0 Å². The van der Waals surface area contributed by atoms with Gasteiger partial charge in [-0.3, -0.25) is 0 Å². The Bertz CT molecular complexity index is 638. The van der Waals surface area contributed by atoms with E-state index >= 15 is 0 Å². The topological polar surface area (TPSA) is 12.0 Å². The van der Waals surface area contributed by atoms with E-state index in [0.29, 0.717) is 12.0 Å². The monoisotopic (exact) mass is 337 g/mol. The van der Waals surface area contributed by atoms with E-state index in [0.717, 1.165) is 23.1 Å². The van der Waals surface area contributed by atoms with Gasteiger partial charge in [0.1, 0.15) is 11.6 Å². The summed E-state index contributed by atoms with van der Waals surface area (Å²) in [4.78, 5) is 0. The van der Waals surface area contributed by atoms with Crippen molar-refractivity contribution in [2.75, 3.05) is 13.1 Å². The molecule has 0 radical (unpaired) electrons. The van der Waals surface area contributed by atoms with Crippen LogP contribution in [0.15, 0.2) is 46.9 Å². The van der Waals surface area contributed by atoms with Crippen LogP contribution in [0.2, 0.25) is 0 Å². The molecule has 1 aliphatic heterocycles. The zero-order chi connectivity index (χ0) is 14.2. The first-order valence-electron chi connectivity index (χ1n) is 6.50. The van der Waals surface area contributed by atoms with Gasteiger partial charge in [-0.25, -0.2) is 8.78 Å². The SMILES string of the molecule is Fc1cccc(C2(Cc3ccc(Br)cc3F)CNC2)c1. The Morgan fingerprint density at radius 3 is 2.50 bits per heavy atom. The third-order valence-corrected chi connectivity index (χ3v) is 4.40. The summed E-state index contributed by atoms with van der Waals surface area (Å²) in [5.74, 6) is -0.466. The zero-order valence-electron chi connectivity index (χ0n) is 10.8. The van der Waals surface area contributed by atoms with Crippen LogP contribution in [-0.2, 0) is 11.8 Å². The summed E-state index contributed by atoms with van der Waals surface area (Å²) in [6.45, 7) is 1.48. The fourth-order valence-corrected chi connectivity index (χ4v) is 3.04. The Morgan fingerprint density at radius 1 is 1.10 bits per heavy atom. The number of nitrogens with one attached hydrogen (secondary N) is 1. The van der Waals surface area contributed by atoms with Crippen LogP contribution >= 0.6 is 15.9 Å². The van der Waals surface area contributed by atoms with Crippen LogP contribution in [0.4, 0.5) is 8.78 Å². The van der Waals surface area contributed by atoms with Crippen LogP contribution in [-0.4, -0.2) is 13.1 Å². The number of hydrogen-bond acceptors (Lipinski definition) is 1. The highest BCUT2D eigenvalue weighted by molar-refractivity contribution is 9.10. The Hall–Kier alpha value is -1.26. The molecule has 0 aromatic heterocycles. The Labute approximate surface area is 125 Å². The molecule has 0 spiro atoms. The quantitative estimate of drug-likeness (QED) is 0.897. The largest absolute Gasteiger partial charge is 0.315 e. The number of rotatable bonds is 3. The van der Waals surface area contributed by atoms with E-state index in [9.17, 15) is 8.78 Å². The number of halogens is 3. The van der Waals surface area contributed by atoms with Crippen molar-refractivity contribution in [1.29, 1.82) is 0 Å². The Morgan fingerprint density at radius 2 is 1.90 bits per heavy atom. The lowest BCUT2D eigenvalue weighted by Gasteiger charge is -2.43. The molecule has 0 atom stereocenters. The Kier molecular flexibility index (Phi) is 3.61. The molecule has 104 valence electrons. The second-order valence-electron chi connectivity index (χ2n) is 5.31. The average Bonchev–Trinajstić information content (AvgIpc) is 2.36. The molecule has 1 aliphatic rings. The first-order chi connectivity index (χ1) is 9.59. The molecule has 1 nitrogen and oxygen atoms in total. The maximum absolute atomic E-state index is 14.0. The van der Waals surface area contributed by atoms with Gasteiger partial charge in [0.2, 0.25) is 0 Å². The molecule has 0 amide bonds. The summed E-state index contributed by atoms with van der Waals surface area (Å²) < 4.78 is 28.2. The number of hydrogen-bond donors (Lipinski definition) is 1. The minimum absolute atomic E-state index is 0.212. The lowest BCUT2D eigenvalue weighted by atomic mass is 9.71. The molecule has 3 rings (SSSR count). The summed E-state index contributed by atoms with van der Waals surface area (Å²) in [5, 5.41) is 3.22. The molecule has 1 saturated heterocycles. The normalized spacial score (nSPS) is 16.8. The molecular weight excluding hydrogens is 324 g/mol. The van der Waals surface area contributed by atoms with Crippen molar-refractivity contribution in [3.63, 3.8) is 0 Å². The van der Waals surface area contributed by atoms with E-state index in [4.69, 9.17) is 0 Å². The summed E-state index contributed by atoms with van der Waals surface area (Å²) in [6, 6.07) is 11.7. The maximum atomic E-state index is 14.0. The number of benzene rings is 2. The lowest BCUT2D eigenvalue weighted by Crippen LogP contribution is -2.58. The van der Waals surface area contributed by atoms with Crippen LogP contribution in [0.25, 0.3) is 0 Å². The van der Waals surface area contributed by atoms with Crippen LogP contribution in [0.5, 0.6) is 0 Å². The fourth-order valence-electron chi connectivity index (χ4n) is 2.71. The molecule has 0 aliphatic carbocycles. The molecule has 1 N–H and O–H groups in total. The highest BCUT2D eigenvalue weighted by Gasteiger charge is 2.39. The molecule has 2 aromatic rings. The van der Waals surface area contributed by atoms with E-state index in [1.54, 1.807) is 18.2 Å². The third-order valence-electron chi connectivity index (χ3n) is 3.91. The van der Waals surface area contributed by atoms with Crippen molar-refractivity contribution in [2.24, 2.45) is 0 Å². The molecule has 1 heterocycles. The van der Waals surface area contributed by atoms with Crippen molar-refractivity contribution in [3.05, 3.63) is 69.7 Å². The van der Waals surface area contributed by atoms with Gasteiger partial charge in [-0.1, -0.05) is 34.1 Å². The van der Waals surface area contributed by atoms with E-state index in [2.05, 4.69) is 21.2 Å². The Balaban J connectivity index is 1.94. The molecule has 4 heteroatoms. The first-order valence-corrected chi connectivity index (χ1v) is 7.29. The van der Waals surface area contributed by atoms with Gasteiger partial charge >= 0.3 is 0 Å². The molecular formula is C16H14BrF2N. The van der Waals surface area contributed by atoms with Crippen LogP contribution in [0, 0.1) is 11.6 Å². The van der Waals surface area contributed by atoms with Crippen LogP contribution < -0.4 is 5.32 Å². The van der Waals surface area contributed by atoms with Crippen molar-refractivity contribution in [1.82, 2.24) is 5.32 Å². The van der Waals surface area contributed by atoms with Crippen molar-refractivity contribution < 1.29 is 8.78 Å². The predicted octanol–water partition coefficient (Wildman–Crippen LogP) is 3.81. The zero-order valence-corrected chi connectivity index (χ0v) is 12.4. The molecule has 20 heavy (non-hydrogen) atoms. The van der Waals surface area contributed by atoms with Crippen LogP contribution in [0.1, 0.15) is 11.1 Å². The molecule has 1 fully saturated rings. The second kappa shape index (κ2) is 5.26. The van der Waals surface area contributed by atoms with E-state index in [1.807, 2.05) is 12.1 Å². The summed E-state index contributed by atoms with van der Waals surface area (Å²) in [7, 11) is 0. The second-order valence-corrected chi connectivity index (χ2v) is 6.22. The van der Waals surface area contributed by atoms with Crippen molar-refractivity contribution in [2.45, 2.75) is 11.8 Å². The minimum atomic E-state index is -0.245. The minimum Gasteiger partial charge on any atom is -0.315 e. The molecule has 2 aromatic carbocycles. The fraction of sp³-hybridized carbons (Fsp3) is 0.250. The molecule has 0 bridgehead atoms. The maximum Gasteiger partial charge on any atom is 0.127 e. The highest BCUT2D eigenvalue weighted by atomic mass is 79.9. The van der Waals surface area contributed by atoms with Gasteiger partial charge in [-0.05, 0) is 41.8 Å². The standard InChI is InChI=1S/C16H14BrF2N/c17-13-5-4-11(15(19)7-13)8-16(9-20-10-16)12-2-1-3-14(18)6-12/h1-7,20H,8-10H2. The first kappa shape index (κ1) is 13.7. The van der Waals surface area contributed by atoms with Crippen molar-refractivity contribution in [3.8, 4) is 0 Å². The van der Waals surface area contributed by atoms with Crippen LogP contribution in [0.3, 0.4) is 0 Å². The summed E-state index contributed by atoms with van der Waals surface area (Å²) in [6.07, 6.45) is 0.572. The molecule has 0 unspecified atom stereocenters. The van der Waals surface area contributed by atoms with E-state index < -0.39 is 0 Å². The van der Waals surface area contributed by atoms with Crippen molar-refractivity contribution >= 4 is 15.9 Å². The lowest BCUT2D eigenvalue weighted by molar-refractivity contribution is 0.271. The summed E-state index contributed by atoms with van der Waals surface area (Å²) >= 11 is 3.26.